The van der Waals surface area contributed by atoms with Gasteiger partial charge < -0.3 is 4.90 Å². The number of carbonyl (C=O) groups is 2. The van der Waals surface area contributed by atoms with Gasteiger partial charge in [-0.25, -0.2) is 9.97 Å². The number of hydrogen-bond donors (Lipinski definition) is 0. The highest BCUT2D eigenvalue weighted by atomic mass is 16.2. The van der Waals surface area contributed by atoms with Crippen LogP contribution in [0.4, 0.5) is 5.82 Å². The number of amides is 2. The monoisotopic (exact) mass is 441 g/mol. The first-order chi connectivity index (χ1) is 16.1. The van der Waals surface area contributed by atoms with Gasteiger partial charge >= 0.3 is 0 Å². The molecule has 168 valence electrons. The Morgan fingerprint density at radius 3 is 2.64 bits per heavy atom. The van der Waals surface area contributed by atoms with Crippen molar-refractivity contribution in [1.82, 2.24) is 19.9 Å². The second-order valence-corrected chi connectivity index (χ2v) is 8.66. The van der Waals surface area contributed by atoms with E-state index in [4.69, 9.17) is 9.97 Å². The molecule has 7 heteroatoms. The van der Waals surface area contributed by atoms with Crippen molar-refractivity contribution in [2.75, 3.05) is 11.4 Å². The lowest BCUT2D eigenvalue weighted by atomic mass is 9.98. The number of hydrogen-bond acceptors (Lipinski definition) is 5. The third-order valence-electron chi connectivity index (χ3n) is 6.48. The maximum absolute atomic E-state index is 13.3. The van der Waals surface area contributed by atoms with Crippen molar-refractivity contribution < 1.29 is 9.59 Å². The fraction of sp³-hybridized carbons (Fsp3) is 0.346. The van der Waals surface area contributed by atoms with Gasteiger partial charge in [0.1, 0.15) is 11.5 Å². The van der Waals surface area contributed by atoms with Crippen LogP contribution in [0.25, 0.3) is 0 Å². The molecule has 33 heavy (non-hydrogen) atoms. The zero-order valence-electron chi connectivity index (χ0n) is 18.8. The number of aryl methyl sites for hydroxylation is 1. The summed E-state index contributed by atoms with van der Waals surface area (Å²) in [6.07, 6.45) is 5.48. The lowest BCUT2D eigenvalue weighted by Gasteiger charge is -2.36. The number of rotatable bonds is 4. The SMILES string of the molecule is Cc1nc([C@@H]2CCCCN2C(=O)c2ccccn2)nc2c1CCC(=O)N2Cc1ccccc1. The van der Waals surface area contributed by atoms with Crippen molar-refractivity contribution >= 4 is 17.6 Å². The molecule has 1 fully saturated rings. The smallest absolute Gasteiger partial charge is 0.273 e. The number of nitrogens with zero attached hydrogens (tertiary/aromatic N) is 5. The fourth-order valence-corrected chi connectivity index (χ4v) is 4.76. The van der Waals surface area contributed by atoms with Gasteiger partial charge in [0.05, 0.1) is 12.6 Å². The van der Waals surface area contributed by atoms with E-state index in [1.54, 1.807) is 23.2 Å². The van der Waals surface area contributed by atoms with Crippen LogP contribution in [0.1, 0.15) is 64.9 Å². The quantitative estimate of drug-likeness (QED) is 0.611. The molecule has 2 aliphatic heterocycles. The molecular weight excluding hydrogens is 414 g/mol. The van der Waals surface area contributed by atoms with E-state index in [1.807, 2.05) is 48.2 Å². The summed E-state index contributed by atoms with van der Waals surface area (Å²) in [5.41, 5.74) is 3.39. The predicted molar refractivity (Wildman–Crippen MR) is 125 cm³/mol. The molecule has 0 spiro atoms. The summed E-state index contributed by atoms with van der Waals surface area (Å²) in [4.78, 5) is 43.8. The Morgan fingerprint density at radius 2 is 1.85 bits per heavy atom. The Bertz CT molecular complexity index is 1170. The maximum Gasteiger partial charge on any atom is 0.273 e. The summed E-state index contributed by atoms with van der Waals surface area (Å²) in [7, 11) is 0. The van der Waals surface area contributed by atoms with Crippen molar-refractivity contribution in [2.45, 2.75) is 51.6 Å². The topological polar surface area (TPSA) is 79.3 Å². The zero-order chi connectivity index (χ0) is 22.8. The van der Waals surface area contributed by atoms with Crippen LogP contribution in [0.3, 0.4) is 0 Å². The second-order valence-electron chi connectivity index (χ2n) is 8.66. The Morgan fingerprint density at radius 1 is 1.03 bits per heavy atom. The number of benzene rings is 1. The number of pyridine rings is 1. The molecule has 2 aromatic heterocycles. The number of likely N-dealkylation sites (tertiary alicyclic amines) is 1. The Labute approximate surface area is 193 Å². The van der Waals surface area contributed by atoms with Crippen molar-refractivity contribution in [3.63, 3.8) is 0 Å². The van der Waals surface area contributed by atoms with Crippen molar-refractivity contribution in [2.24, 2.45) is 0 Å². The number of anilines is 1. The molecule has 1 saturated heterocycles. The minimum atomic E-state index is -0.229. The standard InChI is InChI=1S/C26H27N5O2/c1-18-20-13-14-23(32)31(17-19-9-3-2-4-10-19)25(20)29-24(28-18)22-12-6-8-16-30(22)26(33)21-11-5-7-15-27-21/h2-5,7,9-11,15,22H,6,8,12-14,16-17H2,1H3/t22-/m0/s1. The van der Waals surface area contributed by atoms with Crippen LogP contribution >= 0.6 is 0 Å². The van der Waals surface area contributed by atoms with Gasteiger partial charge in [0.25, 0.3) is 5.91 Å². The lowest BCUT2D eigenvalue weighted by Crippen LogP contribution is -2.41. The van der Waals surface area contributed by atoms with E-state index < -0.39 is 0 Å². The van der Waals surface area contributed by atoms with E-state index in [1.165, 1.54) is 0 Å². The minimum absolute atomic E-state index is 0.0699. The van der Waals surface area contributed by atoms with Gasteiger partial charge in [-0.3, -0.25) is 19.5 Å². The van der Waals surface area contributed by atoms with Gasteiger partial charge in [0.15, 0.2) is 5.82 Å². The molecule has 7 nitrogen and oxygen atoms in total. The van der Waals surface area contributed by atoms with Crippen LogP contribution in [0.15, 0.2) is 54.7 Å². The zero-order valence-corrected chi connectivity index (χ0v) is 18.8. The number of fused-ring (bicyclic) bond motifs is 1. The Kier molecular flexibility index (Phi) is 5.86. The normalized spacial score (nSPS) is 18.2. The predicted octanol–water partition coefficient (Wildman–Crippen LogP) is 4.03. The average molecular weight is 442 g/mol. The first-order valence-electron chi connectivity index (χ1n) is 11.6. The average Bonchev–Trinajstić information content (AvgIpc) is 2.86. The summed E-state index contributed by atoms with van der Waals surface area (Å²) in [6.45, 7) is 3.10. The summed E-state index contributed by atoms with van der Waals surface area (Å²) < 4.78 is 0. The highest BCUT2D eigenvalue weighted by Crippen LogP contribution is 2.35. The van der Waals surface area contributed by atoms with E-state index in [2.05, 4.69) is 4.98 Å². The molecule has 0 radical (unpaired) electrons. The summed E-state index contributed by atoms with van der Waals surface area (Å²) in [5, 5.41) is 0. The van der Waals surface area contributed by atoms with Crippen LogP contribution in [0.2, 0.25) is 0 Å². The first kappa shape index (κ1) is 21.2. The highest BCUT2D eigenvalue weighted by molar-refractivity contribution is 5.95. The van der Waals surface area contributed by atoms with E-state index in [-0.39, 0.29) is 17.9 Å². The third kappa shape index (κ3) is 4.23. The van der Waals surface area contributed by atoms with Crippen LogP contribution in [-0.2, 0) is 17.8 Å². The number of carbonyl (C=O) groups excluding carboxylic acids is 2. The summed E-state index contributed by atoms with van der Waals surface area (Å²) in [6, 6.07) is 15.1. The van der Waals surface area contributed by atoms with Gasteiger partial charge in [0.2, 0.25) is 5.91 Å². The second kappa shape index (κ2) is 9.10. The number of piperidine rings is 1. The fourth-order valence-electron chi connectivity index (χ4n) is 4.76. The van der Waals surface area contributed by atoms with Gasteiger partial charge in [-0.05, 0) is 50.3 Å². The molecule has 2 amide bonds. The van der Waals surface area contributed by atoms with Gasteiger partial charge in [-0.1, -0.05) is 36.4 Å². The molecule has 1 atom stereocenters. The number of aromatic nitrogens is 3. The lowest BCUT2D eigenvalue weighted by molar-refractivity contribution is -0.119. The molecule has 0 aliphatic carbocycles. The van der Waals surface area contributed by atoms with Gasteiger partial charge in [-0.15, -0.1) is 0 Å². The van der Waals surface area contributed by atoms with Crippen molar-refractivity contribution in [3.05, 3.63) is 83.1 Å². The highest BCUT2D eigenvalue weighted by Gasteiger charge is 2.34. The van der Waals surface area contributed by atoms with Crippen molar-refractivity contribution in [1.29, 1.82) is 0 Å². The summed E-state index contributed by atoms with van der Waals surface area (Å²) >= 11 is 0. The molecule has 0 saturated carbocycles. The maximum atomic E-state index is 13.3. The first-order valence-corrected chi connectivity index (χ1v) is 11.6. The molecule has 0 unspecified atom stereocenters. The largest absolute Gasteiger partial charge is 0.327 e. The van der Waals surface area contributed by atoms with Crippen LogP contribution < -0.4 is 4.90 Å². The van der Waals surface area contributed by atoms with Crippen LogP contribution in [0, 0.1) is 6.92 Å². The minimum Gasteiger partial charge on any atom is -0.327 e. The van der Waals surface area contributed by atoms with Gasteiger partial charge in [-0.2, -0.15) is 0 Å². The third-order valence-corrected chi connectivity index (χ3v) is 6.48. The molecule has 5 rings (SSSR count). The molecule has 0 bridgehead atoms. The van der Waals surface area contributed by atoms with Crippen LogP contribution in [-0.4, -0.2) is 38.2 Å². The molecule has 0 N–H and O–H groups in total. The Balaban J connectivity index is 1.51. The Hall–Kier alpha value is -3.61. The molecule has 2 aliphatic rings. The van der Waals surface area contributed by atoms with Gasteiger partial charge in [0, 0.05) is 30.4 Å². The van der Waals surface area contributed by atoms with E-state index in [9.17, 15) is 9.59 Å². The summed E-state index contributed by atoms with van der Waals surface area (Å²) in [5.74, 6) is 1.27. The molecule has 4 heterocycles. The molecule has 1 aromatic carbocycles. The van der Waals surface area contributed by atoms with Crippen molar-refractivity contribution in [3.8, 4) is 0 Å². The van der Waals surface area contributed by atoms with E-state index in [0.717, 1.165) is 36.1 Å². The molecular formula is C26H27N5O2. The molecule has 3 aromatic rings. The van der Waals surface area contributed by atoms with E-state index in [0.29, 0.717) is 43.3 Å². The van der Waals surface area contributed by atoms with Crippen LogP contribution in [0.5, 0.6) is 0 Å². The van der Waals surface area contributed by atoms with E-state index >= 15 is 0 Å².